The Kier molecular flexibility index (Phi) is 5.72. The lowest BCUT2D eigenvalue weighted by Gasteiger charge is -2.24. The van der Waals surface area contributed by atoms with E-state index in [1.165, 1.54) is 29.3 Å². The van der Waals surface area contributed by atoms with Gasteiger partial charge in [0.05, 0.1) is 11.8 Å². The lowest BCUT2D eigenvalue weighted by Crippen LogP contribution is -2.16. The second kappa shape index (κ2) is 7.36. The summed E-state index contributed by atoms with van der Waals surface area (Å²) in [5, 5.41) is 0. The molecule has 134 valence electrons. The van der Waals surface area contributed by atoms with E-state index in [9.17, 15) is 0 Å². The largest absolute Gasteiger partial charge is 0.144 e. The Labute approximate surface area is 172 Å². The molecule has 0 aromatic carbocycles. The van der Waals surface area contributed by atoms with Crippen LogP contribution in [0.25, 0.3) is 0 Å². The SMILES string of the molecule is CC(C)(c1ccc(CCl)s1)c1ccc(C(C)(C)c2ccc(CCl)s2)s1. The van der Waals surface area contributed by atoms with Crippen molar-refractivity contribution < 1.29 is 0 Å². The van der Waals surface area contributed by atoms with Gasteiger partial charge in [0.25, 0.3) is 0 Å². The molecule has 0 saturated carbocycles. The first kappa shape index (κ1) is 19.4. The number of rotatable bonds is 6. The van der Waals surface area contributed by atoms with Gasteiger partial charge in [0, 0.05) is 40.1 Å². The Bertz CT molecular complexity index is 783. The molecule has 0 saturated heterocycles. The Morgan fingerprint density at radius 1 is 0.600 bits per heavy atom. The molecular formula is C20H22Cl2S3. The van der Waals surface area contributed by atoms with Crippen molar-refractivity contribution in [1.82, 2.24) is 0 Å². The topological polar surface area (TPSA) is 0 Å². The third kappa shape index (κ3) is 3.72. The van der Waals surface area contributed by atoms with Crippen LogP contribution >= 0.6 is 57.2 Å². The molecule has 3 rings (SSSR count). The van der Waals surface area contributed by atoms with Crippen molar-refractivity contribution in [2.24, 2.45) is 0 Å². The van der Waals surface area contributed by atoms with Gasteiger partial charge in [-0.15, -0.1) is 57.2 Å². The summed E-state index contributed by atoms with van der Waals surface area (Å²) in [6, 6.07) is 13.3. The molecule has 3 heterocycles. The summed E-state index contributed by atoms with van der Waals surface area (Å²) in [6.07, 6.45) is 0. The lowest BCUT2D eigenvalue weighted by atomic mass is 9.88. The summed E-state index contributed by atoms with van der Waals surface area (Å²) in [6.45, 7) is 9.21. The predicted molar refractivity (Wildman–Crippen MR) is 116 cm³/mol. The molecule has 0 nitrogen and oxygen atoms in total. The number of hydrogen-bond donors (Lipinski definition) is 0. The zero-order valence-electron chi connectivity index (χ0n) is 14.9. The van der Waals surface area contributed by atoms with Crippen LogP contribution in [0.3, 0.4) is 0 Å². The van der Waals surface area contributed by atoms with E-state index < -0.39 is 0 Å². The smallest absolute Gasteiger partial charge is 0.0568 e. The minimum absolute atomic E-state index is 0.00468. The molecule has 3 aromatic heterocycles. The minimum Gasteiger partial charge on any atom is -0.144 e. The van der Waals surface area contributed by atoms with Crippen LogP contribution < -0.4 is 0 Å². The molecule has 0 bridgehead atoms. The summed E-state index contributed by atoms with van der Waals surface area (Å²) >= 11 is 17.5. The third-order valence-electron chi connectivity index (χ3n) is 4.66. The van der Waals surface area contributed by atoms with Crippen molar-refractivity contribution in [2.75, 3.05) is 0 Å². The number of hydrogen-bond acceptors (Lipinski definition) is 3. The van der Waals surface area contributed by atoms with Crippen LogP contribution in [0.5, 0.6) is 0 Å². The van der Waals surface area contributed by atoms with Crippen LogP contribution in [0, 0.1) is 0 Å². The molecule has 0 radical (unpaired) electrons. The van der Waals surface area contributed by atoms with Gasteiger partial charge in [-0.2, -0.15) is 0 Å². The van der Waals surface area contributed by atoms with Crippen LogP contribution in [0.2, 0.25) is 0 Å². The zero-order chi connectivity index (χ0) is 18.2. The van der Waals surface area contributed by atoms with E-state index in [1.54, 1.807) is 0 Å². The van der Waals surface area contributed by atoms with E-state index in [0.717, 1.165) is 0 Å². The minimum atomic E-state index is 0.00468. The summed E-state index contributed by atoms with van der Waals surface area (Å²) < 4.78 is 0. The Hall–Kier alpha value is -0.320. The maximum absolute atomic E-state index is 5.99. The zero-order valence-corrected chi connectivity index (χ0v) is 18.8. The van der Waals surface area contributed by atoms with E-state index in [2.05, 4.69) is 64.1 Å². The van der Waals surface area contributed by atoms with E-state index in [0.29, 0.717) is 11.8 Å². The van der Waals surface area contributed by atoms with Gasteiger partial charge < -0.3 is 0 Å². The van der Waals surface area contributed by atoms with Crippen molar-refractivity contribution in [3.63, 3.8) is 0 Å². The van der Waals surface area contributed by atoms with Gasteiger partial charge in [-0.25, -0.2) is 0 Å². The average Bonchev–Trinajstić information content (AvgIpc) is 3.34. The van der Waals surface area contributed by atoms with Crippen LogP contribution in [0.4, 0.5) is 0 Å². The molecule has 0 unspecified atom stereocenters. The highest BCUT2D eigenvalue weighted by Gasteiger charge is 2.31. The van der Waals surface area contributed by atoms with Crippen molar-refractivity contribution >= 4 is 57.2 Å². The van der Waals surface area contributed by atoms with E-state index in [-0.39, 0.29) is 10.8 Å². The second-order valence-electron chi connectivity index (χ2n) is 7.21. The molecule has 3 aromatic rings. The highest BCUT2D eigenvalue weighted by molar-refractivity contribution is 7.14. The van der Waals surface area contributed by atoms with Crippen LogP contribution in [0.1, 0.15) is 57.0 Å². The molecule has 0 fully saturated rings. The Balaban J connectivity index is 1.93. The van der Waals surface area contributed by atoms with Gasteiger partial charge in [0.1, 0.15) is 0 Å². The van der Waals surface area contributed by atoms with E-state index in [4.69, 9.17) is 23.2 Å². The fourth-order valence-electron chi connectivity index (χ4n) is 2.82. The first-order chi connectivity index (χ1) is 11.8. The summed E-state index contributed by atoms with van der Waals surface area (Å²) in [4.78, 5) is 7.99. The molecule has 0 aliphatic heterocycles. The van der Waals surface area contributed by atoms with Gasteiger partial charge in [0.15, 0.2) is 0 Å². The first-order valence-electron chi connectivity index (χ1n) is 8.20. The van der Waals surface area contributed by atoms with Crippen LogP contribution in [-0.4, -0.2) is 0 Å². The van der Waals surface area contributed by atoms with E-state index in [1.807, 2.05) is 34.0 Å². The Morgan fingerprint density at radius 3 is 1.24 bits per heavy atom. The van der Waals surface area contributed by atoms with Crippen LogP contribution in [-0.2, 0) is 22.6 Å². The highest BCUT2D eigenvalue weighted by atomic mass is 35.5. The molecule has 0 atom stereocenters. The van der Waals surface area contributed by atoms with Gasteiger partial charge in [-0.05, 0) is 36.4 Å². The maximum Gasteiger partial charge on any atom is 0.0568 e. The maximum atomic E-state index is 5.99. The van der Waals surface area contributed by atoms with Gasteiger partial charge in [-0.3, -0.25) is 0 Å². The summed E-state index contributed by atoms with van der Waals surface area (Å²) in [5.41, 5.74) is 0.00937. The molecule has 5 heteroatoms. The molecule has 0 spiro atoms. The predicted octanol–water partition coefficient (Wildman–Crippen LogP) is 8.00. The molecule has 25 heavy (non-hydrogen) atoms. The van der Waals surface area contributed by atoms with Crippen molar-refractivity contribution in [3.8, 4) is 0 Å². The van der Waals surface area contributed by atoms with E-state index >= 15 is 0 Å². The van der Waals surface area contributed by atoms with Crippen LogP contribution in [0.15, 0.2) is 36.4 Å². The van der Waals surface area contributed by atoms with Crippen molar-refractivity contribution in [3.05, 3.63) is 65.7 Å². The van der Waals surface area contributed by atoms with Crippen molar-refractivity contribution in [1.29, 1.82) is 0 Å². The fourth-order valence-corrected chi connectivity index (χ4v) is 6.65. The molecule has 0 aliphatic rings. The first-order valence-corrected chi connectivity index (χ1v) is 11.7. The Morgan fingerprint density at radius 2 is 0.920 bits per heavy atom. The molecule has 0 aliphatic carbocycles. The van der Waals surface area contributed by atoms with Gasteiger partial charge >= 0.3 is 0 Å². The van der Waals surface area contributed by atoms with Gasteiger partial charge in [-0.1, -0.05) is 27.7 Å². The summed E-state index contributed by atoms with van der Waals surface area (Å²) in [7, 11) is 0. The fraction of sp³-hybridized carbons (Fsp3) is 0.400. The lowest BCUT2D eigenvalue weighted by molar-refractivity contribution is 0.669. The average molecular weight is 430 g/mol. The third-order valence-corrected chi connectivity index (χ3v) is 10.1. The van der Waals surface area contributed by atoms with Gasteiger partial charge in [0.2, 0.25) is 0 Å². The number of thiophene rings is 3. The molecular weight excluding hydrogens is 407 g/mol. The normalized spacial score (nSPS) is 12.7. The highest BCUT2D eigenvalue weighted by Crippen LogP contribution is 2.44. The number of halogens is 2. The molecule has 0 amide bonds. The van der Waals surface area contributed by atoms with Crippen molar-refractivity contribution in [2.45, 2.75) is 50.3 Å². The second-order valence-corrected chi connectivity index (χ2v) is 11.2. The quantitative estimate of drug-likeness (QED) is 0.348. The molecule has 0 N–H and O–H groups in total. The number of alkyl halides is 2. The summed E-state index contributed by atoms with van der Waals surface area (Å²) in [5.74, 6) is 1.18. The monoisotopic (exact) mass is 428 g/mol. The standard InChI is InChI=1S/C20H22Cl2S3/c1-19(2,15-7-5-13(11-21)23-15)17-9-10-18(25-17)20(3,4)16-8-6-14(12-22)24-16/h5-10H,11-12H2,1-4H3.